The van der Waals surface area contributed by atoms with Crippen molar-refractivity contribution in [3.63, 3.8) is 0 Å². The number of benzene rings is 1. The average Bonchev–Trinajstić information content (AvgIpc) is 2.70. The summed E-state index contributed by atoms with van der Waals surface area (Å²) in [6.45, 7) is 6.47. The number of aromatic nitrogens is 2. The van der Waals surface area contributed by atoms with Gasteiger partial charge in [-0.2, -0.15) is 0 Å². The van der Waals surface area contributed by atoms with E-state index in [1.165, 1.54) is 6.07 Å². The van der Waals surface area contributed by atoms with Crippen LogP contribution in [-0.4, -0.2) is 33.4 Å². The van der Waals surface area contributed by atoms with Gasteiger partial charge in [-0.3, -0.25) is 4.79 Å². The lowest BCUT2D eigenvalue weighted by Gasteiger charge is -2.34. The standard InChI is InChI=1S/C23H25FN4O.ClH/c1-14-12-17(8-10-20(14)24)27-21-18-9-7-15(2)26-22(18)25-13-19(21)23(29)28-11-5-4-6-16(28)3;/h7-10,12-13,16H,4-6,11H2,1-3H3,(H,25,26,27);1H. The van der Waals surface area contributed by atoms with Crippen molar-refractivity contribution in [2.24, 2.45) is 0 Å². The topological polar surface area (TPSA) is 58.1 Å². The third-order valence-corrected chi connectivity index (χ3v) is 5.59. The first-order valence-corrected chi connectivity index (χ1v) is 10.0. The Labute approximate surface area is 182 Å². The second kappa shape index (κ2) is 8.96. The van der Waals surface area contributed by atoms with E-state index in [9.17, 15) is 9.18 Å². The number of carbonyl (C=O) groups excluding carboxylic acids is 1. The van der Waals surface area contributed by atoms with Gasteiger partial charge in [-0.05, 0) is 75.9 Å². The van der Waals surface area contributed by atoms with E-state index in [0.29, 0.717) is 22.5 Å². The van der Waals surface area contributed by atoms with Crippen LogP contribution in [0.4, 0.5) is 15.8 Å². The molecule has 0 aliphatic carbocycles. The molecule has 0 saturated carbocycles. The van der Waals surface area contributed by atoms with Crippen LogP contribution in [-0.2, 0) is 0 Å². The van der Waals surface area contributed by atoms with Gasteiger partial charge in [0.1, 0.15) is 5.82 Å². The minimum Gasteiger partial charge on any atom is -0.354 e. The molecule has 1 unspecified atom stereocenters. The molecule has 1 saturated heterocycles. The van der Waals surface area contributed by atoms with Crippen LogP contribution < -0.4 is 5.32 Å². The molecule has 1 aliphatic rings. The number of nitrogens with zero attached hydrogens (tertiary/aromatic N) is 3. The highest BCUT2D eigenvalue weighted by atomic mass is 35.5. The molecule has 158 valence electrons. The molecule has 30 heavy (non-hydrogen) atoms. The summed E-state index contributed by atoms with van der Waals surface area (Å²) in [5.74, 6) is -0.292. The molecule has 2 aromatic heterocycles. The van der Waals surface area contributed by atoms with Crippen LogP contribution in [0.2, 0.25) is 0 Å². The van der Waals surface area contributed by atoms with Crippen molar-refractivity contribution >= 4 is 40.7 Å². The van der Waals surface area contributed by atoms with Gasteiger partial charge in [-0.1, -0.05) is 0 Å². The molecule has 1 N–H and O–H groups in total. The first-order chi connectivity index (χ1) is 13.9. The Hall–Kier alpha value is -2.73. The number of nitrogens with one attached hydrogen (secondary N) is 1. The molecule has 1 fully saturated rings. The third kappa shape index (κ3) is 4.24. The van der Waals surface area contributed by atoms with E-state index in [0.717, 1.165) is 42.6 Å². The normalized spacial score (nSPS) is 16.3. The van der Waals surface area contributed by atoms with Crippen LogP contribution in [0.1, 0.15) is 47.8 Å². The van der Waals surface area contributed by atoms with Crippen LogP contribution >= 0.6 is 12.4 Å². The largest absolute Gasteiger partial charge is 0.354 e. The molecular formula is C23H26ClFN4O. The maximum absolute atomic E-state index is 13.7. The maximum atomic E-state index is 13.7. The van der Waals surface area contributed by atoms with Crippen molar-refractivity contribution in [2.45, 2.75) is 46.1 Å². The average molecular weight is 429 g/mol. The lowest BCUT2D eigenvalue weighted by Crippen LogP contribution is -2.42. The summed E-state index contributed by atoms with van der Waals surface area (Å²) < 4.78 is 13.7. The summed E-state index contributed by atoms with van der Waals surface area (Å²) in [6.07, 6.45) is 4.77. The Morgan fingerprint density at radius 3 is 2.73 bits per heavy atom. The zero-order valence-electron chi connectivity index (χ0n) is 17.4. The number of halogens is 2. The first-order valence-electron chi connectivity index (χ1n) is 10.0. The molecule has 7 heteroatoms. The molecule has 1 amide bonds. The fourth-order valence-electron chi connectivity index (χ4n) is 3.89. The van der Waals surface area contributed by atoms with Crippen molar-refractivity contribution in [1.82, 2.24) is 14.9 Å². The fraction of sp³-hybridized carbons (Fsp3) is 0.348. The van der Waals surface area contributed by atoms with Crippen molar-refractivity contribution in [3.8, 4) is 0 Å². The highest BCUT2D eigenvalue weighted by Gasteiger charge is 2.27. The summed E-state index contributed by atoms with van der Waals surface area (Å²) in [6, 6.07) is 8.87. The maximum Gasteiger partial charge on any atom is 0.257 e. The van der Waals surface area contributed by atoms with Gasteiger partial charge in [-0.15, -0.1) is 12.4 Å². The van der Waals surface area contributed by atoms with Crippen LogP contribution in [0.3, 0.4) is 0 Å². The minimum atomic E-state index is -0.258. The Kier molecular flexibility index (Phi) is 6.56. The van der Waals surface area contributed by atoms with Gasteiger partial charge in [0.25, 0.3) is 5.91 Å². The quantitative estimate of drug-likeness (QED) is 0.592. The van der Waals surface area contributed by atoms with E-state index in [-0.39, 0.29) is 30.2 Å². The minimum absolute atomic E-state index is 0. The predicted octanol–water partition coefficient (Wildman–Crippen LogP) is 5.57. The molecule has 4 rings (SSSR count). The first kappa shape index (κ1) is 22.0. The molecule has 0 spiro atoms. The highest BCUT2D eigenvalue weighted by molar-refractivity contribution is 6.07. The molecule has 3 aromatic rings. The smallest absolute Gasteiger partial charge is 0.257 e. The molecule has 0 radical (unpaired) electrons. The fourth-order valence-corrected chi connectivity index (χ4v) is 3.89. The van der Waals surface area contributed by atoms with E-state index in [2.05, 4.69) is 22.2 Å². The number of hydrogen-bond acceptors (Lipinski definition) is 4. The van der Waals surface area contributed by atoms with Crippen LogP contribution in [0.5, 0.6) is 0 Å². The van der Waals surface area contributed by atoms with Gasteiger partial charge in [-0.25, -0.2) is 14.4 Å². The zero-order valence-corrected chi connectivity index (χ0v) is 18.2. The van der Waals surface area contributed by atoms with Crippen molar-refractivity contribution in [3.05, 3.63) is 59.2 Å². The van der Waals surface area contributed by atoms with Gasteiger partial charge >= 0.3 is 0 Å². The lowest BCUT2D eigenvalue weighted by molar-refractivity contribution is 0.0636. The number of pyridine rings is 2. The number of anilines is 2. The number of amides is 1. The molecule has 5 nitrogen and oxygen atoms in total. The molecule has 3 heterocycles. The lowest BCUT2D eigenvalue weighted by atomic mass is 10.0. The molecule has 1 atom stereocenters. The van der Waals surface area contributed by atoms with Crippen molar-refractivity contribution in [1.29, 1.82) is 0 Å². The van der Waals surface area contributed by atoms with Crippen LogP contribution in [0.15, 0.2) is 36.5 Å². The van der Waals surface area contributed by atoms with E-state index in [4.69, 9.17) is 0 Å². The monoisotopic (exact) mass is 428 g/mol. The van der Waals surface area contributed by atoms with Gasteiger partial charge < -0.3 is 10.2 Å². The Morgan fingerprint density at radius 2 is 2.00 bits per heavy atom. The molecule has 0 bridgehead atoms. The summed E-state index contributed by atoms with van der Waals surface area (Å²) in [5, 5.41) is 4.12. The van der Waals surface area contributed by atoms with E-state index in [1.54, 1.807) is 25.3 Å². The second-order valence-electron chi connectivity index (χ2n) is 7.80. The summed E-state index contributed by atoms with van der Waals surface area (Å²) in [4.78, 5) is 24.3. The summed E-state index contributed by atoms with van der Waals surface area (Å²) in [5.41, 5.74) is 3.87. The van der Waals surface area contributed by atoms with Crippen LogP contribution in [0.25, 0.3) is 11.0 Å². The number of aryl methyl sites for hydroxylation is 2. The highest BCUT2D eigenvalue weighted by Crippen LogP contribution is 2.31. The number of rotatable bonds is 3. The molecule has 1 aromatic carbocycles. The van der Waals surface area contributed by atoms with E-state index in [1.807, 2.05) is 24.0 Å². The van der Waals surface area contributed by atoms with Crippen molar-refractivity contribution in [2.75, 3.05) is 11.9 Å². The number of piperidine rings is 1. The van der Waals surface area contributed by atoms with Gasteiger partial charge in [0, 0.05) is 35.6 Å². The number of likely N-dealkylation sites (tertiary alicyclic amines) is 1. The van der Waals surface area contributed by atoms with Gasteiger partial charge in [0.15, 0.2) is 5.65 Å². The predicted molar refractivity (Wildman–Crippen MR) is 120 cm³/mol. The summed E-state index contributed by atoms with van der Waals surface area (Å²) in [7, 11) is 0. The van der Waals surface area contributed by atoms with E-state index >= 15 is 0 Å². The Morgan fingerprint density at radius 1 is 1.20 bits per heavy atom. The Balaban J connectivity index is 0.00000256. The summed E-state index contributed by atoms with van der Waals surface area (Å²) >= 11 is 0. The number of fused-ring (bicyclic) bond motifs is 1. The van der Waals surface area contributed by atoms with Crippen LogP contribution in [0, 0.1) is 19.7 Å². The third-order valence-electron chi connectivity index (χ3n) is 5.59. The zero-order chi connectivity index (χ0) is 20.5. The second-order valence-corrected chi connectivity index (χ2v) is 7.80. The number of carbonyl (C=O) groups is 1. The number of hydrogen-bond donors (Lipinski definition) is 1. The van der Waals surface area contributed by atoms with Gasteiger partial charge in [0.2, 0.25) is 0 Å². The molecule has 1 aliphatic heterocycles. The van der Waals surface area contributed by atoms with E-state index < -0.39 is 0 Å². The van der Waals surface area contributed by atoms with Gasteiger partial charge in [0.05, 0.1) is 11.3 Å². The molecular weight excluding hydrogens is 403 g/mol. The SMILES string of the molecule is Cc1ccc2c(Nc3ccc(F)c(C)c3)c(C(=O)N3CCCCC3C)cnc2n1.Cl. The van der Waals surface area contributed by atoms with Crippen molar-refractivity contribution < 1.29 is 9.18 Å². The Bertz CT molecular complexity index is 1090.